The van der Waals surface area contributed by atoms with Crippen LogP contribution in [-0.4, -0.2) is 40.1 Å². The molecule has 1 rings (SSSR count). The lowest BCUT2D eigenvalue weighted by Gasteiger charge is -2.23. The minimum absolute atomic E-state index is 0.0212. The van der Waals surface area contributed by atoms with Crippen LogP contribution in [0.2, 0.25) is 0 Å². The molecule has 0 aromatic rings. The number of allylic oxidation sites excluding steroid dienone is 1. The van der Waals surface area contributed by atoms with Gasteiger partial charge in [-0.15, -0.1) is 0 Å². The molecule has 17 heavy (non-hydrogen) atoms. The highest BCUT2D eigenvalue weighted by atomic mass is 32.2. The molecular weight excluding hydrogens is 250 g/mol. The van der Waals surface area contributed by atoms with Crippen LogP contribution in [0.3, 0.4) is 0 Å². The summed E-state index contributed by atoms with van der Waals surface area (Å²) in [4.78, 5) is 8.15. The molecule has 5 N–H and O–H groups in total. The van der Waals surface area contributed by atoms with Gasteiger partial charge in [-0.25, -0.2) is 0 Å². The largest absolute Gasteiger partial charge is 0.480 e. The van der Waals surface area contributed by atoms with Crippen LogP contribution in [0.5, 0.6) is 0 Å². The van der Waals surface area contributed by atoms with E-state index in [1.54, 1.807) is 0 Å². The van der Waals surface area contributed by atoms with Gasteiger partial charge in [0.1, 0.15) is 6.04 Å². The van der Waals surface area contributed by atoms with E-state index in [1.807, 2.05) is 0 Å². The number of nitrogens with two attached hydrogens (primary N) is 1. The zero-order valence-corrected chi connectivity index (χ0v) is 9.59. The molecule has 0 aromatic carbocycles. The highest BCUT2D eigenvalue weighted by Gasteiger charge is 2.38. The Labute approximate surface area is 98.0 Å². The molecule has 0 aromatic heterocycles. The molecule has 0 spiro atoms. The van der Waals surface area contributed by atoms with Gasteiger partial charge in [0.15, 0.2) is 0 Å². The fraction of sp³-hybridized carbons (Fsp3) is 0.444. The van der Waals surface area contributed by atoms with Crippen LogP contribution in [0, 0.1) is 0 Å². The van der Waals surface area contributed by atoms with Gasteiger partial charge in [-0.2, -0.15) is 8.42 Å². The molecule has 0 radical (unpaired) electrons. The van der Waals surface area contributed by atoms with Crippen LogP contribution in [-0.2, 0) is 14.9 Å². The Bertz CT molecular complexity index is 480. The van der Waals surface area contributed by atoms with Crippen molar-refractivity contribution in [3.8, 4) is 0 Å². The standard InChI is InChI=1S/C9H13NO6S/c10-7(8(11)12)5-6-1-3-9(13,4-2-6)17(14,15)16/h1-3,7,13H,4-5,10H2,(H,11,12)(H,14,15,16). The first-order chi connectivity index (χ1) is 7.66. The number of aliphatic hydroxyl groups is 1. The SMILES string of the molecule is NC(CC1=CCC(O)(S(=O)(=O)O)C=C1)C(=O)O. The average molecular weight is 263 g/mol. The van der Waals surface area contributed by atoms with Crippen molar-refractivity contribution in [1.82, 2.24) is 0 Å². The van der Waals surface area contributed by atoms with E-state index in [0.717, 1.165) is 6.08 Å². The molecule has 0 heterocycles. The number of hydrogen-bond donors (Lipinski definition) is 4. The van der Waals surface area contributed by atoms with Crippen LogP contribution >= 0.6 is 0 Å². The van der Waals surface area contributed by atoms with Crippen LogP contribution in [0.25, 0.3) is 0 Å². The predicted molar refractivity (Wildman–Crippen MR) is 58.6 cm³/mol. The van der Waals surface area contributed by atoms with E-state index in [9.17, 15) is 18.3 Å². The first-order valence-electron chi connectivity index (χ1n) is 4.72. The van der Waals surface area contributed by atoms with E-state index in [-0.39, 0.29) is 12.8 Å². The maximum Gasteiger partial charge on any atom is 0.320 e. The highest BCUT2D eigenvalue weighted by molar-refractivity contribution is 7.87. The molecule has 0 amide bonds. The summed E-state index contributed by atoms with van der Waals surface area (Å²) in [5, 5.41) is 18.1. The number of carboxylic acids is 1. The predicted octanol–water partition coefficient (Wildman–Crippen LogP) is -0.749. The number of carboxylic acid groups (broad SMARTS) is 1. The fourth-order valence-corrected chi connectivity index (χ4v) is 1.87. The summed E-state index contributed by atoms with van der Waals surface area (Å²) in [6, 6.07) is -1.09. The van der Waals surface area contributed by atoms with E-state index in [1.165, 1.54) is 12.2 Å². The number of hydrogen-bond acceptors (Lipinski definition) is 5. The van der Waals surface area contributed by atoms with Crippen molar-refractivity contribution >= 4 is 16.1 Å². The van der Waals surface area contributed by atoms with Gasteiger partial charge < -0.3 is 15.9 Å². The van der Waals surface area contributed by atoms with Crippen molar-refractivity contribution in [3.05, 3.63) is 23.8 Å². The Hall–Kier alpha value is -1.22. The summed E-state index contributed by atoms with van der Waals surface area (Å²) in [5.74, 6) is -1.17. The second-order valence-electron chi connectivity index (χ2n) is 3.79. The summed E-state index contributed by atoms with van der Waals surface area (Å²) in [7, 11) is -4.62. The number of aliphatic carboxylic acids is 1. The molecule has 0 aliphatic heterocycles. The van der Waals surface area contributed by atoms with Gasteiger partial charge in [0.05, 0.1) is 0 Å². The molecule has 7 nitrogen and oxygen atoms in total. The van der Waals surface area contributed by atoms with Crippen LogP contribution in [0.15, 0.2) is 23.8 Å². The Morgan fingerprint density at radius 2 is 2.18 bits per heavy atom. The zero-order chi connectivity index (χ0) is 13.3. The lowest BCUT2D eigenvalue weighted by Crippen LogP contribution is -2.37. The zero-order valence-electron chi connectivity index (χ0n) is 8.78. The van der Waals surface area contributed by atoms with E-state index in [2.05, 4.69) is 0 Å². The Morgan fingerprint density at radius 1 is 1.59 bits per heavy atom. The second kappa shape index (κ2) is 4.57. The smallest absolute Gasteiger partial charge is 0.320 e. The maximum atomic E-state index is 10.9. The van der Waals surface area contributed by atoms with Gasteiger partial charge in [0, 0.05) is 6.42 Å². The highest BCUT2D eigenvalue weighted by Crippen LogP contribution is 2.27. The van der Waals surface area contributed by atoms with Crippen molar-refractivity contribution in [2.75, 3.05) is 0 Å². The molecule has 1 aliphatic carbocycles. The van der Waals surface area contributed by atoms with Crippen LogP contribution < -0.4 is 5.73 Å². The van der Waals surface area contributed by atoms with Crippen molar-refractivity contribution in [1.29, 1.82) is 0 Å². The Balaban J connectivity index is 2.77. The summed E-state index contributed by atoms with van der Waals surface area (Å²) < 4.78 is 30.5. The van der Waals surface area contributed by atoms with Gasteiger partial charge in [-0.05, 0) is 18.1 Å². The minimum Gasteiger partial charge on any atom is -0.480 e. The molecule has 1 aliphatic rings. The molecule has 0 fully saturated rings. The van der Waals surface area contributed by atoms with E-state index >= 15 is 0 Å². The van der Waals surface area contributed by atoms with Gasteiger partial charge in [-0.1, -0.05) is 12.2 Å². The molecule has 2 unspecified atom stereocenters. The molecule has 0 saturated carbocycles. The van der Waals surface area contributed by atoms with Gasteiger partial charge in [0.25, 0.3) is 10.1 Å². The topological polar surface area (TPSA) is 138 Å². The third-order valence-electron chi connectivity index (χ3n) is 2.43. The van der Waals surface area contributed by atoms with Crippen molar-refractivity contribution in [2.45, 2.75) is 23.8 Å². The second-order valence-corrected chi connectivity index (χ2v) is 5.44. The van der Waals surface area contributed by atoms with E-state index in [0.29, 0.717) is 5.57 Å². The number of rotatable bonds is 4. The van der Waals surface area contributed by atoms with Gasteiger partial charge in [-0.3, -0.25) is 9.35 Å². The minimum atomic E-state index is -4.62. The Morgan fingerprint density at radius 3 is 2.53 bits per heavy atom. The van der Waals surface area contributed by atoms with E-state index in [4.69, 9.17) is 15.4 Å². The molecule has 0 saturated heterocycles. The first kappa shape index (κ1) is 13.8. The Kier molecular flexibility index (Phi) is 3.72. The quantitative estimate of drug-likeness (QED) is 0.489. The molecule has 2 atom stereocenters. The molecule has 96 valence electrons. The van der Waals surface area contributed by atoms with Crippen molar-refractivity contribution < 1.29 is 28.0 Å². The normalized spacial score (nSPS) is 26.4. The summed E-state index contributed by atoms with van der Waals surface area (Å²) >= 11 is 0. The van der Waals surface area contributed by atoms with E-state index < -0.39 is 27.1 Å². The summed E-state index contributed by atoms with van der Waals surface area (Å²) in [5.41, 5.74) is 5.79. The third kappa shape index (κ3) is 3.13. The summed E-state index contributed by atoms with van der Waals surface area (Å²) in [6.45, 7) is 0. The molecular formula is C9H13NO6S. The van der Waals surface area contributed by atoms with Crippen molar-refractivity contribution in [2.24, 2.45) is 5.73 Å². The third-order valence-corrected chi connectivity index (χ3v) is 3.63. The number of carbonyl (C=O) groups is 1. The van der Waals surface area contributed by atoms with Gasteiger partial charge >= 0.3 is 5.97 Å². The lowest BCUT2D eigenvalue weighted by molar-refractivity contribution is -0.138. The fourth-order valence-electron chi connectivity index (χ4n) is 1.33. The van der Waals surface area contributed by atoms with Crippen molar-refractivity contribution in [3.63, 3.8) is 0 Å². The molecule has 8 heteroatoms. The summed E-state index contributed by atoms with van der Waals surface area (Å²) in [6.07, 6.45) is 3.15. The van der Waals surface area contributed by atoms with Crippen LogP contribution in [0.1, 0.15) is 12.8 Å². The average Bonchev–Trinajstić information content (AvgIpc) is 2.19. The molecule has 0 bridgehead atoms. The monoisotopic (exact) mass is 263 g/mol. The maximum absolute atomic E-state index is 10.9. The van der Waals surface area contributed by atoms with Gasteiger partial charge in [0.2, 0.25) is 4.93 Å². The van der Waals surface area contributed by atoms with Crippen LogP contribution in [0.4, 0.5) is 0 Å². The first-order valence-corrected chi connectivity index (χ1v) is 6.16. The lowest BCUT2D eigenvalue weighted by atomic mass is 9.99.